The van der Waals surface area contributed by atoms with Crippen LogP contribution in [0.15, 0.2) is 36.5 Å². The first kappa shape index (κ1) is 13.5. The molecule has 0 aliphatic rings. The van der Waals surface area contributed by atoms with Gasteiger partial charge < -0.3 is 0 Å². The van der Waals surface area contributed by atoms with E-state index in [1.54, 1.807) is 0 Å². The number of aryl methyl sites for hydroxylation is 1. The molecule has 18 heavy (non-hydrogen) atoms. The molecule has 1 atom stereocenters. The minimum atomic E-state index is 0.310. The molecule has 0 amide bonds. The first-order chi connectivity index (χ1) is 8.47. The van der Waals surface area contributed by atoms with Crippen LogP contribution >= 0.6 is 15.9 Å². The zero-order valence-electron chi connectivity index (χ0n) is 11.3. The van der Waals surface area contributed by atoms with E-state index in [0.29, 0.717) is 10.2 Å². The molecule has 96 valence electrons. The van der Waals surface area contributed by atoms with E-state index >= 15 is 0 Å². The summed E-state index contributed by atoms with van der Waals surface area (Å²) in [5.41, 5.74) is 2.71. The molecule has 0 saturated carbocycles. The summed E-state index contributed by atoms with van der Waals surface area (Å²) in [5, 5.41) is 1.23. The van der Waals surface area contributed by atoms with Gasteiger partial charge in [-0.3, -0.25) is 4.98 Å². The number of para-hydroxylation sites is 1. The van der Waals surface area contributed by atoms with E-state index in [4.69, 9.17) is 0 Å². The lowest BCUT2D eigenvalue weighted by molar-refractivity contribution is 0.386. The van der Waals surface area contributed by atoms with E-state index in [1.165, 1.54) is 10.9 Å². The quantitative estimate of drug-likeness (QED) is 0.729. The number of aromatic nitrogens is 1. The van der Waals surface area contributed by atoms with Gasteiger partial charge in [-0.2, -0.15) is 0 Å². The van der Waals surface area contributed by atoms with Gasteiger partial charge in [0.15, 0.2) is 0 Å². The number of nitrogens with zero attached hydrogens (tertiary/aromatic N) is 1. The maximum atomic E-state index is 4.51. The van der Waals surface area contributed by atoms with Gasteiger partial charge in [-0.25, -0.2) is 0 Å². The number of halogens is 1. The molecule has 1 heterocycles. The van der Waals surface area contributed by atoms with Crippen molar-refractivity contribution in [1.82, 2.24) is 4.98 Å². The van der Waals surface area contributed by atoms with Crippen molar-refractivity contribution in [3.63, 3.8) is 0 Å². The Labute approximate surface area is 118 Å². The van der Waals surface area contributed by atoms with Gasteiger partial charge in [-0.15, -0.1) is 0 Å². The zero-order valence-corrected chi connectivity index (χ0v) is 12.9. The van der Waals surface area contributed by atoms with E-state index in [9.17, 15) is 0 Å². The van der Waals surface area contributed by atoms with Gasteiger partial charge in [0, 0.05) is 16.4 Å². The fourth-order valence-electron chi connectivity index (χ4n) is 1.98. The molecule has 1 nitrogen and oxygen atoms in total. The van der Waals surface area contributed by atoms with Crippen LogP contribution in [0.25, 0.3) is 10.9 Å². The van der Waals surface area contributed by atoms with Crippen LogP contribution in [0, 0.1) is 5.41 Å². The standard InChI is InChI=1S/C16H20BrN/c1-16(2,3)15(17)9-8-12-10-13-6-4-5-7-14(13)18-11-12/h4-7,10-11,15H,8-9H2,1-3H3. The largest absolute Gasteiger partial charge is 0.256 e. The molecule has 1 unspecified atom stereocenters. The Hall–Kier alpha value is -0.890. The molecule has 0 bridgehead atoms. The van der Waals surface area contributed by atoms with Crippen molar-refractivity contribution in [3.8, 4) is 0 Å². The van der Waals surface area contributed by atoms with Crippen molar-refractivity contribution >= 4 is 26.8 Å². The molecule has 1 aromatic carbocycles. The molecule has 2 heteroatoms. The number of hydrogen-bond donors (Lipinski definition) is 0. The lowest BCUT2D eigenvalue weighted by Gasteiger charge is -2.25. The number of hydrogen-bond acceptors (Lipinski definition) is 1. The molecular weight excluding hydrogens is 286 g/mol. The fraction of sp³-hybridized carbons (Fsp3) is 0.438. The predicted octanol–water partition coefficient (Wildman–Crippen LogP) is 4.98. The lowest BCUT2D eigenvalue weighted by Crippen LogP contribution is -2.20. The van der Waals surface area contributed by atoms with Crippen LogP contribution in [0.4, 0.5) is 0 Å². The van der Waals surface area contributed by atoms with Gasteiger partial charge in [0.1, 0.15) is 0 Å². The second-order valence-corrected chi connectivity index (χ2v) is 7.01. The van der Waals surface area contributed by atoms with Gasteiger partial charge in [0.25, 0.3) is 0 Å². The summed E-state index contributed by atoms with van der Waals surface area (Å²) in [6, 6.07) is 10.5. The lowest BCUT2D eigenvalue weighted by atomic mass is 9.89. The van der Waals surface area contributed by atoms with Gasteiger partial charge in [-0.05, 0) is 36.0 Å². The molecule has 0 radical (unpaired) electrons. The summed E-state index contributed by atoms with van der Waals surface area (Å²) in [6.45, 7) is 6.81. The second kappa shape index (κ2) is 5.40. The summed E-state index contributed by atoms with van der Waals surface area (Å²) in [4.78, 5) is 5.04. The number of pyridine rings is 1. The normalized spacial score (nSPS) is 13.8. The Morgan fingerprint density at radius 3 is 2.67 bits per heavy atom. The summed E-state index contributed by atoms with van der Waals surface area (Å²) >= 11 is 3.79. The maximum Gasteiger partial charge on any atom is 0.0702 e. The average Bonchev–Trinajstić information content (AvgIpc) is 2.34. The Morgan fingerprint density at radius 1 is 1.22 bits per heavy atom. The molecular formula is C16H20BrN. The Balaban J connectivity index is 2.08. The summed E-state index contributed by atoms with van der Waals surface area (Å²) < 4.78 is 0. The SMILES string of the molecule is CC(C)(C)C(Br)CCc1cnc2ccccc2c1. The number of fused-ring (bicyclic) bond motifs is 1. The van der Waals surface area contributed by atoms with E-state index in [-0.39, 0.29) is 0 Å². The predicted molar refractivity (Wildman–Crippen MR) is 82.2 cm³/mol. The third kappa shape index (κ3) is 3.32. The zero-order chi connectivity index (χ0) is 13.2. The number of rotatable bonds is 3. The smallest absolute Gasteiger partial charge is 0.0702 e. The molecule has 0 aliphatic heterocycles. The molecule has 1 aromatic heterocycles. The van der Waals surface area contributed by atoms with Crippen molar-refractivity contribution in [1.29, 1.82) is 0 Å². The van der Waals surface area contributed by atoms with Crippen LogP contribution in [0.5, 0.6) is 0 Å². The number of benzene rings is 1. The molecule has 0 spiro atoms. The van der Waals surface area contributed by atoms with Crippen LogP contribution in [-0.4, -0.2) is 9.81 Å². The van der Waals surface area contributed by atoms with E-state index in [1.807, 2.05) is 12.3 Å². The molecule has 2 aromatic rings. The first-order valence-electron chi connectivity index (χ1n) is 6.44. The highest BCUT2D eigenvalue weighted by Gasteiger charge is 2.21. The van der Waals surface area contributed by atoms with Crippen molar-refractivity contribution in [3.05, 3.63) is 42.1 Å². The number of alkyl halides is 1. The van der Waals surface area contributed by atoms with E-state index in [0.717, 1.165) is 18.4 Å². The topological polar surface area (TPSA) is 12.9 Å². The highest BCUT2D eigenvalue weighted by atomic mass is 79.9. The van der Waals surface area contributed by atoms with Gasteiger partial charge in [0.2, 0.25) is 0 Å². The Bertz CT molecular complexity index is 528. The van der Waals surface area contributed by atoms with Crippen LogP contribution in [0.2, 0.25) is 0 Å². The van der Waals surface area contributed by atoms with Crippen molar-refractivity contribution < 1.29 is 0 Å². The summed E-state index contributed by atoms with van der Waals surface area (Å²) in [6.07, 6.45) is 4.22. The molecule has 2 rings (SSSR count). The highest BCUT2D eigenvalue weighted by Crippen LogP contribution is 2.29. The third-order valence-corrected chi connectivity index (χ3v) is 5.10. The highest BCUT2D eigenvalue weighted by molar-refractivity contribution is 9.09. The van der Waals surface area contributed by atoms with Crippen molar-refractivity contribution in [2.75, 3.05) is 0 Å². The van der Waals surface area contributed by atoms with E-state index < -0.39 is 0 Å². The first-order valence-corrected chi connectivity index (χ1v) is 7.36. The Morgan fingerprint density at radius 2 is 1.94 bits per heavy atom. The minimum Gasteiger partial charge on any atom is -0.256 e. The molecule has 0 aliphatic carbocycles. The van der Waals surface area contributed by atoms with Crippen molar-refractivity contribution in [2.45, 2.75) is 38.4 Å². The van der Waals surface area contributed by atoms with Crippen LogP contribution in [-0.2, 0) is 6.42 Å². The monoisotopic (exact) mass is 305 g/mol. The van der Waals surface area contributed by atoms with Crippen LogP contribution < -0.4 is 0 Å². The maximum absolute atomic E-state index is 4.51. The fourth-order valence-corrected chi connectivity index (χ4v) is 2.21. The average molecular weight is 306 g/mol. The molecule has 0 fully saturated rings. The third-order valence-electron chi connectivity index (χ3n) is 3.27. The van der Waals surface area contributed by atoms with Gasteiger partial charge in [-0.1, -0.05) is 54.9 Å². The van der Waals surface area contributed by atoms with Crippen LogP contribution in [0.1, 0.15) is 32.8 Å². The summed E-state index contributed by atoms with van der Waals surface area (Å²) in [7, 11) is 0. The molecule has 0 N–H and O–H groups in total. The summed E-state index contributed by atoms with van der Waals surface area (Å²) in [5.74, 6) is 0. The van der Waals surface area contributed by atoms with Gasteiger partial charge >= 0.3 is 0 Å². The van der Waals surface area contributed by atoms with Crippen molar-refractivity contribution in [2.24, 2.45) is 5.41 Å². The Kier molecular flexibility index (Phi) is 4.06. The minimum absolute atomic E-state index is 0.310. The van der Waals surface area contributed by atoms with Crippen LogP contribution in [0.3, 0.4) is 0 Å². The van der Waals surface area contributed by atoms with Gasteiger partial charge in [0.05, 0.1) is 5.52 Å². The second-order valence-electron chi connectivity index (χ2n) is 5.91. The molecule has 0 saturated heterocycles. The van der Waals surface area contributed by atoms with E-state index in [2.05, 4.69) is 66.0 Å².